The van der Waals surface area contributed by atoms with E-state index in [1.807, 2.05) is 0 Å². The summed E-state index contributed by atoms with van der Waals surface area (Å²) < 4.78 is 16.2. The van der Waals surface area contributed by atoms with Crippen molar-refractivity contribution in [3.63, 3.8) is 0 Å². The fraction of sp³-hybridized carbons (Fsp3) is 0.167. The van der Waals surface area contributed by atoms with Crippen LogP contribution < -0.4 is 15.8 Å². The molecule has 4 aromatic rings. The van der Waals surface area contributed by atoms with Gasteiger partial charge in [0.1, 0.15) is 5.82 Å². The highest BCUT2D eigenvalue weighted by Crippen LogP contribution is 2.28. The number of fused-ring (bicyclic) bond motifs is 1. The van der Waals surface area contributed by atoms with Crippen molar-refractivity contribution < 1.29 is 14.3 Å². The second kappa shape index (κ2) is 9.63. The molecule has 0 radical (unpaired) electrons. The van der Waals surface area contributed by atoms with Crippen molar-refractivity contribution in [1.82, 2.24) is 19.4 Å². The molecule has 2 N–H and O–H groups in total. The first-order valence-electron chi connectivity index (χ1n) is 10.9. The van der Waals surface area contributed by atoms with Gasteiger partial charge in [0, 0.05) is 44.3 Å². The molecule has 1 aliphatic heterocycles. The molecule has 0 spiro atoms. The van der Waals surface area contributed by atoms with Gasteiger partial charge in [-0.15, -0.1) is 0 Å². The summed E-state index contributed by atoms with van der Waals surface area (Å²) in [6.45, 7) is 1.43. The molecule has 1 fully saturated rings. The molecule has 3 heterocycles. The van der Waals surface area contributed by atoms with E-state index in [1.165, 1.54) is 27.9 Å². The normalized spacial score (nSPS) is 13.8. The molecule has 2 aromatic heterocycles. The molecule has 0 aliphatic carbocycles. The third-order valence-electron chi connectivity index (χ3n) is 5.92. The first-order valence-corrected chi connectivity index (χ1v) is 11.7. The maximum atomic E-state index is 14.9. The van der Waals surface area contributed by atoms with Gasteiger partial charge in [-0.2, -0.15) is 0 Å². The van der Waals surface area contributed by atoms with Crippen LogP contribution in [0.15, 0.2) is 59.7 Å². The maximum absolute atomic E-state index is 14.9. The SMILES string of the molecule is O=C(O)N1CCN(c2ccc(Nc3ncc4c(=O)n(-c5c(Cl)cccc5Cl)ccc4n3)cc2F)CC1. The van der Waals surface area contributed by atoms with Crippen molar-refractivity contribution in [2.24, 2.45) is 0 Å². The van der Waals surface area contributed by atoms with Crippen molar-refractivity contribution in [1.29, 1.82) is 0 Å². The number of hydrogen-bond donors (Lipinski definition) is 2. The van der Waals surface area contributed by atoms with E-state index in [0.717, 1.165) is 0 Å². The van der Waals surface area contributed by atoms with Crippen LogP contribution >= 0.6 is 23.2 Å². The number of carbonyl (C=O) groups is 1. The number of aromatic nitrogens is 3. The molecule has 9 nitrogen and oxygen atoms in total. The highest BCUT2D eigenvalue weighted by molar-refractivity contribution is 6.37. The number of pyridine rings is 1. The highest BCUT2D eigenvalue weighted by atomic mass is 35.5. The van der Waals surface area contributed by atoms with Gasteiger partial charge in [0.2, 0.25) is 5.95 Å². The van der Waals surface area contributed by atoms with Crippen molar-refractivity contribution in [3.8, 4) is 5.69 Å². The Labute approximate surface area is 214 Å². The Hall–Kier alpha value is -3.89. The van der Waals surface area contributed by atoms with Gasteiger partial charge < -0.3 is 20.2 Å². The van der Waals surface area contributed by atoms with Gasteiger partial charge in [-0.3, -0.25) is 9.36 Å². The fourth-order valence-electron chi connectivity index (χ4n) is 4.09. The number of amides is 1. The van der Waals surface area contributed by atoms with Crippen LogP contribution in [-0.4, -0.2) is 56.8 Å². The zero-order chi connectivity index (χ0) is 25.4. The number of rotatable bonds is 4. The Kier molecular flexibility index (Phi) is 6.38. The van der Waals surface area contributed by atoms with Gasteiger partial charge in [0.15, 0.2) is 0 Å². The van der Waals surface area contributed by atoms with Crippen LogP contribution in [0.5, 0.6) is 0 Å². The van der Waals surface area contributed by atoms with Crippen LogP contribution in [-0.2, 0) is 0 Å². The van der Waals surface area contributed by atoms with E-state index in [2.05, 4.69) is 15.3 Å². The molecule has 0 atom stereocenters. The van der Waals surface area contributed by atoms with Crippen LogP contribution in [0.2, 0.25) is 10.0 Å². The monoisotopic (exact) mass is 528 g/mol. The Morgan fingerprint density at radius 3 is 2.44 bits per heavy atom. The number of piperazine rings is 1. The highest BCUT2D eigenvalue weighted by Gasteiger charge is 2.22. The van der Waals surface area contributed by atoms with Gasteiger partial charge in [-0.1, -0.05) is 29.3 Å². The van der Waals surface area contributed by atoms with E-state index in [1.54, 1.807) is 41.3 Å². The van der Waals surface area contributed by atoms with E-state index in [4.69, 9.17) is 28.3 Å². The quantitative estimate of drug-likeness (QED) is 0.393. The van der Waals surface area contributed by atoms with Gasteiger partial charge in [-0.25, -0.2) is 19.2 Å². The number of carboxylic acid groups (broad SMARTS) is 1. The zero-order valence-corrected chi connectivity index (χ0v) is 20.2. The third-order valence-corrected chi connectivity index (χ3v) is 6.53. The average molecular weight is 529 g/mol. The Morgan fingerprint density at radius 1 is 1.06 bits per heavy atom. The van der Waals surface area contributed by atoms with E-state index in [9.17, 15) is 14.0 Å². The van der Waals surface area contributed by atoms with Crippen molar-refractivity contribution in [2.75, 3.05) is 36.4 Å². The summed E-state index contributed by atoms with van der Waals surface area (Å²) in [7, 11) is 0. The predicted octanol–water partition coefficient (Wildman–Crippen LogP) is 4.77. The minimum atomic E-state index is -0.975. The molecule has 1 amide bonds. The molecule has 12 heteroatoms. The van der Waals surface area contributed by atoms with Gasteiger partial charge in [-0.05, 0) is 36.4 Å². The summed E-state index contributed by atoms with van der Waals surface area (Å²) in [4.78, 5) is 35.8. The van der Waals surface area contributed by atoms with Crippen LogP contribution in [0.25, 0.3) is 16.6 Å². The lowest BCUT2D eigenvalue weighted by Crippen LogP contribution is -2.48. The molecule has 2 aromatic carbocycles. The van der Waals surface area contributed by atoms with Crippen molar-refractivity contribution in [3.05, 3.63) is 81.1 Å². The minimum absolute atomic E-state index is 0.192. The molecule has 0 unspecified atom stereocenters. The molecule has 1 aliphatic rings. The summed E-state index contributed by atoms with van der Waals surface area (Å²) in [5.41, 5.74) is 1.20. The van der Waals surface area contributed by atoms with Crippen LogP contribution in [0.4, 0.5) is 26.5 Å². The topological polar surface area (TPSA) is 104 Å². The Bertz CT molecular complexity index is 1520. The molecular formula is C24H19Cl2FN6O3. The first kappa shape index (κ1) is 23.8. The van der Waals surface area contributed by atoms with Crippen LogP contribution in [0.1, 0.15) is 0 Å². The number of anilines is 3. The molecule has 5 rings (SSSR count). The Balaban J connectivity index is 1.37. The second-order valence-electron chi connectivity index (χ2n) is 8.10. The standard InChI is InChI=1S/C24H19Cl2FN6O3/c25-16-2-1-3-17(26)21(16)33-7-6-19-15(22(33)34)13-28-23(30-19)29-14-4-5-20(18(27)12-14)31-8-10-32(11-9-31)24(35)36/h1-7,12-13H,8-11H2,(H,35,36)(H,28,29,30). The summed E-state index contributed by atoms with van der Waals surface area (Å²) in [6.07, 6.45) is 1.95. The summed E-state index contributed by atoms with van der Waals surface area (Å²) in [5.74, 6) is -0.262. The lowest BCUT2D eigenvalue weighted by atomic mass is 10.2. The summed E-state index contributed by atoms with van der Waals surface area (Å²) in [6, 6.07) is 11.3. The smallest absolute Gasteiger partial charge is 0.407 e. The van der Waals surface area contributed by atoms with E-state index in [-0.39, 0.29) is 16.9 Å². The largest absolute Gasteiger partial charge is 0.465 e. The third kappa shape index (κ3) is 4.52. The summed E-state index contributed by atoms with van der Waals surface area (Å²) in [5, 5.41) is 13.0. The maximum Gasteiger partial charge on any atom is 0.407 e. The lowest BCUT2D eigenvalue weighted by molar-refractivity contribution is 0.142. The molecule has 0 bridgehead atoms. The molecule has 184 valence electrons. The zero-order valence-electron chi connectivity index (χ0n) is 18.7. The van der Waals surface area contributed by atoms with E-state index in [0.29, 0.717) is 58.8 Å². The van der Waals surface area contributed by atoms with E-state index >= 15 is 0 Å². The molecular weight excluding hydrogens is 510 g/mol. The first-order chi connectivity index (χ1) is 17.3. The van der Waals surface area contributed by atoms with Crippen LogP contribution in [0.3, 0.4) is 0 Å². The molecule has 36 heavy (non-hydrogen) atoms. The summed E-state index contributed by atoms with van der Waals surface area (Å²) >= 11 is 12.5. The van der Waals surface area contributed by atoms with Crippen molar-refractivity contribution in [2.45, 2.75) is 0 Å². The second-order valence-corrected chi connectivity index (χ2v) is 8.92. The van der Waals surface area contributed by atoms with Gasteiger partial charge in [0.25, 0.3) is 5.56 Å². The number of nitrogens with one attached hydrogen (secondary N) is 1. The lowest BCUT2D eigenvalue weighted by Gasteiger charge is -2.34. The number of nitrogens with zero attached hydrogens (tertiary/aromatic N) is 5. The average Bonchev–Trinajstić information content (AvgIpc) is 2.85. The van der Waals surface area contributed by atoms with Gasteiger partial charge in [0.05, 0.1) is 32.3 Å². The van der Waals surface area contributed by atoms with Crippen molar-refractivity contribution >= 4 is 57.5 Å². The van der Waals surface area contributed by atoms with Crippen LogP contribution in [0, 0.1) is 5.82 Å². The molecule has 1 saturated heterocycles. The van der Waals surface area contributed by atoms with Gasteiger partial charge >= 0.3 is 6.09 Å². The number of para-hydroxylation sites is 1. The molecule has 0 saturated carbocycles. The predicted molar refractivity (Wildman–Crippen MR) is 137 cm³/mol. The number of halogens is 3. The Morgan fingerprint density at radius 2 is 1.78 bits per heavy atom. The van der Waals surface area contributed by atoms with E-state index < -0.39 is 11.9 Å². The fourth-order valence-corrected chi connectivity index (χ4v) is 4.67. The number of hydrogen-bond acceptors (Lipinski definition) is 6. The minimum Gasteiger partial charge on any atom is -0.465 e. The number of benzene rings is 2.